The first-order valence-corrected chi connectivity index (χ1v) is 6.34. The van der Waals surface area contributed by atoms with Gasteiger partial charge in [0.1, 0.15) is 5.75 Å². The number of nitrogens with zero attached hydrogens (tertiary/aromatic N) is 1. The summed E-state index contributed by atoms with van der Waals surface area (Å²) in [4.78, 5) is 13.4. The van der Waals surface area contributed by atoms with E-state index in [0.717, 1.165) is 28.0 Å². The highest BCUT2D eigenvalue weighted by atomic mass is 16.6. The van der Waals surface area contributed by atoms with Crippen molar-refractivity contribution in [3.63, 3.8) is 0 Å². The van der Waals surface area contributed by atoms with Crippen LogP contribution in [0.3, 0.4) is 0 Å². The Morgan fingerprint density at radius 3 is 2.62 bits per heavy atom. The molecule has 0 radical (unpaired) electrons. The van der Waals surface area contributed by atoms with Crippen molar-refractivity contribution in [1.82, 2.24) is 4.98 Å². The number of hydrogen-bond acceptors (Lipinski definition) is 4. The molecule has 2 N–H and O–H groups in total. The number of anilines is 2. The predicted molar refractivity (Wildman–Crippen MR) is 81.2 cm³/mol. The average molecular weight is 283 g/mol. The summed E-state index contributed by atoms with van der Waals surface area (Å²) in [6.07, 6.45) is 1.85. The zero-order chi connectivity index (χ0) is 14.8. The van der Waals surface area contributed by atoms with Gasteiger partial charge in [-0.2, -0.15) is 0 Å². The van der Waals surface area contributed by atoms with Gasteiger partial charge < -0.3 is 15.0 Å². The van der Waals surface area contributed by atoms with E-state index < -0.39 is 4.92 Å². The molecule has 6 nitrogen and oxygen atoms in total. The van der Waals surface area contributed by atoms with E-state index in [2.05, 4.69) is 10.3 Å². The second-order valence-electron chi connectivity index (χ2n) is 4.54. The molecule has 2 aromatic carbocycles. The summed E-state index contributed by atoms with van der Waals surface area (Å²) in [5.74, 6) is 0.772. The number of nitro groups is 1. The fourth-order valence-electron chi connectivity index (χ4n) is 2.15. The van der Waals surface area contributed by atoms with Gasteiger partial charge in [-0.05, 0) is 30.3 Å². The maximum Gasteiger partial charge on any atom is 0.269 e. The van der Waals surface area contributed by atoms with Crippen LogP contribution < -0.4 is 10.1 Å². The van der Waals surface area contributed by atoms with Crippen molar-refractivity contribution in [3.05, 3.63) is 58.8 Å². The SMILES string of the molecule is COc1ccc2[nH]cc(Nc3ccc([N+](=O)[O-])cc3)c2c1. The smallest absolute Gasteiger partial charge is 0.269 e. The lowest BCUT2D eigenvalue weighted by atomic mass is 10.2. The number of nitro benzene ring substituents is 1. The Labute approximate surface area is 120 Å². The van der Waals surface area contributed by atoms with Crippen molar-refractivity contribution in [2.45, 2.75) is 0 Å². The van der Waals surface area contributed by atoms with Gasteiger partial charge in [0.2, 0.25) is 0 Å². The highest BCUT2D eigenvalue weighted by Crippen LogP contribution is 2.29. The highest BCUT2D eigenvalue weighted by molar-refractivity contribution is 5.95. The lowest BCUT2D eigenvalue weighted by Gasteiger charge is -2.05. The van der Waals surface area contributed by atoms with Crippen molar-refractivity contribution in [3.8, 4) is 5.75 Å². The zero-order valence-electron chi connectivity index (χ0n) is 11.3. The van der Waals surface area contributed by atoms with Crippen LogP contribution in [0.2, 0.25) is 0 Å². The molecule has 3 rings (SSSR count). The summed E-state index contributed by atoms with van der Waals surface area (Å²) in [5.41, 5.74) is 2.73. The summed E-state index contributed by atoms with van der Waals surface area (Å²) in [6.45, 7) is 0. The molecular formula is C15H13N3O3. The topological polar surface area (TPSA) is 80.2 Å². The molecule has 0 atom stereocenters. The normalized spacial score (nSPS) is 10.5. The first-order valence-electron chi connectivity index (χ1n) is 6.34. The van der Waals surface area contributed by atoms with E-state index in [1.165, 1.54) is 12.1 Å². The lowest BCUT2D eigenvalue weighted by molar-refractivity contribution is -0.384. The van der Waals surface area contributed by atoms with Gasteiger partial charge in [-0.3, -0.25) is 10.1 Å². The van der Waals surface area contributed by atoms with Gasteiger partial charge in [-0.1, -0.05) is 0 Å². The molecule has 0 saturated heterocycles. The Balaban J connectivity index is 1.92. The Morgan fingerprint density at radius 2 is 1.95 bits per heavy atom. The Morgan fingerprint density at radius 1 is 1.19 bits per heavy atom. The highest BCUT2D eigenvalue weighted by Gasteiger charge is 2.07. The van der Waals surface area contributed by atoms with Crippen LogP contribution in [0.5, 0.6) is 5.75 Å². The number of hydrogen-bond donors (Lipinski definition) is 2. The molecular weight excluding hydrogens is 270 g/mol. The molecule has 0 amide bonds. The van der Waals surface area contributed by atoms with E-state index in [9.17, 15) is 10.1 Å². The van der Waals surface area contributed by atoms with Crippen molar-refractivity contribution >= 4 is 28.0 Å². The van der Waals surface area contributed by atoms with E-state index in [4.69, 9.17) is 4.74 Å². The predicted octanol–water partition coefficient (Wildman–Crippen LogP) is 3.83. The number of fused-ring (bicyclic) bond motifs is 1. The number of methoxy groups -OCH3 is 1. The maximum absolute atomic E-state index is 10.6. The fourth-order valence-corrected chi connectivity index (χ4v) is 2.15. The Hall–Kier alpha value is -3.02. The van der Waals surface area contributed by atoms with E-state index in [1.807, 2.05) is 24.4 Å². The molecule has 1 aromatic heterocycles. The minimum Gasteiger partial charge on any atom is -0.497 e. The number of ether oxygens (including phenoxy) is 1. The fraction of sp³-hybridized carbons (Fsp3) is 0.0667. The Bertz CT molecular complexity index is 794. The second-order valence-corrected chi connectivity index (χ2v) is 4.54. The van der Waals surface area contributed by atoms with Gasteiger partial charge >= 0.3 is 0 Å². The number of aromatic amines is 1. The molecule has 1 heterocycles. The van der Waals surface area contributed by atoms with Crippen LogP contribution in [0, 0.1) is 10.1 Å². The van der Waals surface area contributed by atoms with E-state index >= 15 is 0 Å². The molecule has 0 aliphatic carbocycles. The number of H-pyrrole nitrogens is 1. The molecule has 0 bridgehead atoms. The second kappa shape index (κ2) is 5.16. The number of nitrogens with one attached hydrogen (secondary N) is 2. The molecule has 0 aliphatic rings. The van der Waals surface area contributed by atoms with Crippen molar-refractivity contribution in [2.24, 2.45) is 0 Å². The van der Waals surface area contributed by atoms with Crippen LogP contribution in [0.1, 0.15) is 0 Å². The molecule has 106 valence electrons. The van der Waals surface area contributed by atoms with Gasteiger partial charge in [0, 0.05) is 34.9 Å². The molecule has 6 heteroatoms. The zero-order valence-corrected chi connectivity index (χ0v) is 11.3. The summed E-state index contributed by atoms with van der Waals surface area (Å²) >= 11 is 0. The maximum atomic E-state index is 10.6. The van der Waals surface area contributed by atoms with Crippen LogP contribution in [0.15, 0.2) is 48.7 Å². The molecule has 3 aromatic rings. The summed E-state index contributed by atoms with van der Waals surface area (Å²) in [7, 11) is 1.62. The molecule has 0 fully saturated rings. The van der Waals surface area contributed by atoms with E-state index in [1.54, 1.807) is 19.2 Å². The van der Waals surface area contributed by atoms with E-state index in [-0.39, 0.29) is 5.69 Å². The molecule has 21 heavy (non-hydrogen) atoms. The van der Waals surface area contributed by atoms with Crippen molar-refractivity contribution in [1.29, 1.82) is 0 Å². The van der Waals surface area contributed by atoms with Gasteiger partial charge in [-0.25, -0.2) is 0 Å². The lowest BCUT2D eigenvalue weighted by Crippen LogP contribution is -1.91. The quantitative estimate of drug-likeness (QED) is 0.563. The molecule has 0 spiro atoms. The van der Waals surface area contributed by atoms with Crippen LogP contribution in [-0.4, -0.2) is 17.0 Å². The largest absolute Gasteiger partial charge is 0.497 e. The van der Waals surface area contributed by atoms with Gasteiger partial charge in [0.25, 0.3) is 5.69 Å². The first-order chi connectivity index (χ1) is 10.2. The third-order valence-electron chi connectivity index (χ3n) is 3.25. The summed E-state index contributed by atoms with van der Waals surface area (Å²) < 4.78 is 5.22. The number of benzene rings is 2. The average Bonchev–Trinajstić information content (AvgIpc) is 2.90. The van der Waals surface area contributed by atoms with Crippen LogP contribution in [0.25, 0.3) is 10.9 Å². The summed E-state index contributed by atoms with van der Waals surface area (Å²) in [6, 6.07) is 12.0. The van der Waals surface area contributed by atoms with Gasteiger partial charge in [0.15, 0.2) is 0 Å². The molecule has 0 aliphatic heterocycles. The van der Waals surface area contributed by atoms with Crippen molar-refractivity contribution < 1.29 is 9.66 Å². The van der Waals surface area contributed by atoms with Crippen LogP contribution in [-0.2, 0) is 0 Å². The minimum atomic E-state index is -0.416. The Kier molecular flexibility index (Phi) is 3.19. The number of rotatable bonds is 4. The minimum absolute atomic E-state index is 0.0705. The third-order valence-corrected chi connectivity index (χ3v) is 3.25. The number of non-ortho nitro benzene ring substituents is 1. The molecule has 0 saturated carbocycles. The summed E-state index contributed by atoms with van der Waals surface area (Å²) in [5, 5.41) is 14.9. The molecule has 0 unspecified atom stereocenters. The first kappa shape index (κ1) is 13.0. The standard InChI is InChI=1S/C15H13N3O3/c1-21-12-6-7-14-13(8-12)15(9-16-14)17-10-2-4-11(5-3-10)18(19)20/h2-9,16-17H,1H3. The monoisotopic (exact) mass is 283 g/mol. The third kappa shape index (κ3) is 2.51. The van der Waals surface area contributed by atoms with Crippen LogP contribution >= 0.6 is 0 Å². The van der Waals surface area contributed by atoms with Crippen LogP contribution in [0.4, 0.5) is 17.1 Å². The van der Waals surface area contributed by atoms with E-state index in [0.29, 0.717) is 0 Å². The van der Waals surface area contributed by atoms with Crippen molar-refractivity contribution in [2.75, 3.05) is 12.4 Å². The van der Waals surface area contributed by atoms with Gasteiger partial charge in [-0.15, -0.1) is 0 Å². The van der Waals surface area contributed by atoms with Gasteiger partial charge in [0.05, 0.1) is 17.7 Å². The number of aromatic nitrogens is 1.